The molecular formula is C18H23N3S. The molecule has 2 aliphatic rings. The summed E-state index contributed by atoms with van der Waals surface area (Å²) in [6.45, 7) is 9.44. The Hall–Kier alpha value is -1.23. The first-order valence-electron chi connectivity index (χ1n) is 8.15. The van der Waals surface area contributed by atoms with Crippen molar-refractivity contribution in [3.8, 4) is 0 Å². The smallest absolute Gasteiger partial charge is 0.0328 e. The van der Waals surface area contributed by atoms with E-state index in [1.165, 1.54) is 41.5 Å². The minimum absolute atomic E-state index is 0.859. The van der Waals surface area contributed by atoms with Crippen molar-refractivity contribution in [1.29, 1.82) is 0 Å². The molecular weight excluding hydrogens is 290 g/mol. The number of hydrogen-bond donors (Lipinski definition) is 0. The number of hydrogen-bond acceptors (Lipinski definition) is 4. The number of fused-ring (bicyclic) bond motifs is 1. The highest BCUT2D eigenvalue weighted by molar-refractivity contribution is 7.11. The van der Waals surface area contributed by atoms with E-state index >= 15 is 0 Å². The quantitative estimate of drug-likeness (QED) is 0.865. The van der Waals surface area contributed by atoms with Gasteiger partial charge in [-0.3, -0.25) is 14.8 Å². The topological polar surface area (TPSA) is 19.4 Å². The zero-order valence-corrected chi connectivity index (χ0v) is 13.9. The molecule has 0 aromatic carbocycles. The minimum atomic E-state index is 0.859. The van der Waals surface area contributed by atoms with Crippen LogP contribution in [0.2, 0.25) is 0 Å². The van der Waals surface area contributed by atoms with Gasteiger partial charge in [-0.1, -0.05) is 6.07 Å². The van der Waals surface area contributed by atoms with E-state index in [0.717, 1.165) is 24.9 Å². The van der Waals surface area contributed by atoms with E-state index in [0.29, 0.717) is 0 Å². The van der Waals surface area contributed by atoms with Gasteiger partial charge in [0.1, 0.15) is 0 Å². The summed E-state index contributed by atoms with van der Waals surface area (Å²) < 4.78 is 0. The van der Waals surface area contributed by atoms with Crippen LogP contribution in [0.15, 0.2) is 36.7 Å². The predicted octanol–water partition coefficient (Wildman–Crippen LogP) is 3.02. The Morgan fingerprint density at radius 2 is 1.77 bits per heavy atom. The van der Waals surface area contributed by atoms with Gasteiger partial charge in [-0.15, -0.1) is 11.3 Å². The molecule has 0 spiro atoms. The Labute approximate surface area is 136 Å². The second-order valence-electron chi connectivity index (χ2n) is 6.78. The first-order chi connectivity index (χ1) is 10.8. The normalized spacial score (nSPS) is 25.7. The Morgan fingerprint density at radius 1 is 1.05 bits per heavy atom. The van der Waals surface area contributed by atoms with Crippen LogP contribution in [0.25, 0.3) is 0 Å². The number of aromatic nitrogens is 1. The molecule has 4 rings (SSSR count). The minimum Gasteiger partial charge on any atom is -0.298 e. The standard InChI is InChI=1S/C18H23N3S/c1-14-4-5-18(22-14)13-21-11-16-9-20(10-17(16)12-21)8-15-3-2-6-19-7-15/h2-7,16-17H,8-13H2,1H3. The summed E-state index contributed by atoms with van der Waals surface area (Å²) in [7, 11) is 0. The zero-order valence-electron chi connectivity index (χ0n) is 13.1. The van der Waals surface area contributed by atoms with Crippen LogP contribution in [-0.4, -0.2) is 41.0 Å². The van der Waals surface area contributed by atoms with Crippen LogP contribution in [0.3, 0.4) is 0 Å². The van der Waals surface area contributed by atoms with E-state index in [2.05, 4.69) is 39.9 Å². The molecule has 2 saturated heterocycles. The maximum atomic E-state index is 4.23. The lowest BCUT2D eigenvalue weighted by molar-refractivity contribution is 0.247. The number of thiophene rings is 1. The van der Waals surface area contributed by atoms with Gasteiger partial charge in [0.25, 0.3) is 0 Å². The van der Waals surface area contributed by atoms with Gasteiger partial charge < -0.3 is 0 Å². The second kappa shape index (κ2) is 6.11. The molecule has 4 heterocycles. The molecule has 0 saturated carbocycles. The van der Waals surface area contributed by atoms with Gasteiger partial charge in [-0.25, -0.2) is 0 Å². The number of nitrogens with zero attached hydrogens (tertiary/aromatic N) is 3. The third-order valence-electron chi connectivity index (χ3n) is 4.94. The lowest BCUT2D eigenvalue weighted by atomic mass is 10.0. The predicted molar refractivity (Wildman–Crippen MR) is 90.8 cm³/mol. The Morgan fingerprint density at radius 3 is 2.36 bits per heavy atom. The summed E-state index contributed by atoms with van der Waals surface area (Å²) in [4.78, 5) is 12.4. The fraction of sp³-hybridized carbons (Fsp3) is 0.500. The van der Waals surface area contributed by atoms with Crippen LogP contribution in [0.5, 0.6) is 0 Å². The van der Waals surface area contributed by atoms with Crippen LogP contribution in [0.1, 0.15) is 15.3 Å². The molecule has 4 heteroatoms. The molecule has 0 aliphatic carbocycles. The fourth-order valence-electron chi connectivity index (χ4n) is 3.99. The monoisotopic (exact) mass is 313 g/mol. The van der Waals surface area contributed by atoms with Gasteiger partial charge in [0, 0.05) is 61.4 Å². The van der Waals surface area contributed by atoms with Gasteiger partial charge in [0.05, 0.1) is 0 Å². The average Bonchev–Trinajstić information content (AvgIpc) is 3.16. The molecule has 0 amide bonds. The number of aryl methyl sites for hydroxylation is 1. The Balaban J connectivity index is 1.31. The number of pyridine rings is 1. The molecule has 2 fully saturated rings. The molecule has 2 aromatic rings. The maximum Gasteiger partial charge on any atom is 0.0328 e. The molecule has 2 aliphatic heterocycles. The number of rotatable bonds is 4. The van der Waals surface area contributed by atoms with E-state index in [4.69, 9.17) is 0 Å². The van der Waals surface area contributed by atoms with E-state index in [1.54, 1.807) is 0 Å². The molecule has 0 radical (unpaired) electrons. The molecule has 116 valence electrons. The lowest BCUT2D eigenvalue weighted by Gasteiger charge is -2.20. The fourth-order valence-corrected chi connectivity index (χ4v) is 4.92. The molecule has 0 N–H and O–H groups in total. The van der Waals surface area contributed by atoms with Crippen molar-refractivity contribution in [2.45, 2.75) is 20.0 Å². The van der Waals surface area contributed by atoms with Crippen molar-refractivity contribution >= 4 is 11.3 Å². The molecule has 2 atom stereocenters. The summed E-state index contributed by atoms with van der Waals surface area (Å²) in [6.07, 6.45) is 3.85. The summed E-state index contributed by atoms with van der Waals surface area (Å²) >= 11 is 1.95. The third-order valence-corrected chi connectivity index (χ3v) is 5.93. The maximum absolute atomic E-state index is 4.23. The lowest BCUT2D eigenvalue weighted by Crippen LogP contribution is -2.28. The second-order valence-corrected chi connectivity index (χ2v) is 8.15. The highest BCUT2D eigenvalue weighted by Crippen LogP contribution is 2.33. The van der Waals surface area contributed by atoms with Crippen molar-refractivity contribution in [2.75, 3.05) is 26.2 Å². The Kier molecular flexibility index (Phi) is 3.99. The van der Waals surface area contributed by atoms with Crippen molar-refractivity contribution < 1.29 is 0 Å². The number of likely N-dealkylation sites (tertiary alicyclic amines) is 2. The summed E-state index contributed by atoms with van der Waals surface area (Å²) in [5.41, 5.74) is 1.34. The molecule has 0 bridgehead atoms. The zero-order chi connectivity index (χ0) is 14.9. The van der Waals surface area contributed by atoms with Crippen molar-refractivity contribution in [2.24, 2.45) is 11.8 Å². The van der Waals surface area contributed by atoms with Gasteiger partial charge in [0.15, 0.2) is 0 Å². The van der Waals surface area contributed by atoms with Crippen molar-refractivity contribution in [3.63, 3.8) is 0 Å². The first kappa shape index (κ1) is 14.4. The van der Waals surface area contributed by atoms with Crippen molar-refractivity contribution in [1.82, 2.24) is 14.8 Å². The largest absolute Gasteiger partial charge is 0.298 e. The molecule has 2 aromatic heterocycles. The summed E-state index contributed by atoms with van der Waals surface area (Å²) in [5, 5.41) is 0. The van der Waals surface area contributed by atoms with E-state index < -0.39 is 0 Å². The van der Waals surface area contributed by atoms with Gasteiger partial charge >= 0.3 is 0 Å². The van der Waals surface area contributed by atoms with Crippen LogP contribution in [0.4, 0.5) is 0 Å². The molecule has 22 heavy (non-hydrogen) atoms. The summed E-state index contributed by atoms with van der Waals surface area (Å²) in [5.74, 6) is 1.72. The molecule has 2 unspecified atom stereocenters. The highest BCUT2D eigenvalue weighted by Gasteiger charge is 2.39. The first-order valence-corrected chi connectivity index (χ1v) is 8.97. The third kappa shape index (κ3) is 3.09. The van der Waals surface area contributed by atoms with E-state index in [1.807, 2.05) is 29.8 Å². The van der Waals surface area contributed by atoms with E-state index in [9.17, 15) is 0 Å². The highest BCUT2D eigenvalue weighted by atomic mass is 32.1. The average molecular weight is 313 g/mol. The SMILES string of the molecule is Cc1ccc(CN2CC3CN(Cc4cccnc4)CC3C2)s1. The van der Waals surface area contributed by atoms with Crippen LogP contribution in [-0.2, 0) is 13.1 Å². The van der Waals surface area contributed by atoms with Gasteiger partial charge in [-0.2, -0.15) is 0 Å². The van der Waals surface area contributed by atoms with Gasteiger partial charge in [0.2, 0.25) is 0 Å². The van der Waals surface area contributed by atoms with Crippen molar-refractivity contribution in [3.05, 3.63) is 52.0 Å². The van der Waals surface area contributed by atoms with Crippen LogP contribution in [0, 0.1) is 18.8 Å². The molecule has 3 nitrogen and oxygen atoms in total. The van der Waals surface area contributed by atoms with Crippen LogP contribution < -0.4 is 0 Å². The van der Waals surface area contributed by atoms with Crippen LogP contribution >= 0.6 is 11.3 Å². The summed E-state index contributed by atoms with van der Waals surface area (Å²) in [6, 6.07) is 8.76. The Bertz CT molecular complexity index is 610. The van der Waals surface area contributed by atoms with Gasteiger partial charge in [-0.05, 0) is 42.5 Å². The van der Waals surface area contributed by atoms with E-state index in [-0.39, 0.29) is 0 Å².